The maximum absolute atomic E-state index is 5.67. The predicted molar refractivity (Wildman–Crippen MR) is 73.9 cm³/mol. The van der Waals surface area contributed by atoms with Crippen LogP contribution in [0.4, 0.5) is 5.69 Å². The van der Waals surface area contributed by atoms with E-state index in [2.05, 4.69) is 26.4 Å². The molecule has 0 saturated carbocycles. The second-order valence-electron chi connectivity index (χ2n) is 3.39. The molecule has 2 aromatic rings. The SMILES string of the molecule is NC(=S)c1cc(Br)ccc1NCc1ccno1. The van der Waals surface area contributed by atoms with Crippen molar-refractivity contribution in [3.05, 3.63) is 46.3 Å². The highest BCUT2D eigenvalue weighted by Crippen LogP contribution is 2.21. The number of anilines is 1. The first-order valence-corrected chi connectivity index (χ1v) is 6.10. The number of rotatable bonds is 4. The largest absolute Gasteiger partial charge is 0.389 e. The van der Waals surface area contributed by atoms with Crippen molar-refractivity contribution in [3.63, 3.8) is 0 Å². The van der Waals surface area contributed by atoms with E-state index < -0.39 is 0 Å². The number of aromatic nitrogens is 1. The van der Waals surface area contributed by atoms with Crippen LogP contribution in [0.5, 0.6) is 0 Å². The summed E-state index contributed by atoms with van der Waals surface area (Å²) in [6, 6.07) is 7.51. The first kappa shape index (κ1) is 12.1. The highest BCUT2D eigenvalue weighted by molar-refractivity contribution is 9.10. The van der Waals surface area contributed by atoms with Gasteiger partial charge in [-0.25, -0.2) is 0 Å². The van der Waals surface area contributed by atoms with Gasteiger partial charge in [0.1, 0.15) is 4.99 Å². The molecule has 4 nitrogen and oxygen atoms in total. The van der Waals surface area contributed by atoms with Crippen LogP contribution < -0.4 is 11.1 Å². The van der Waals surface area contributed by atoms with Crippen LogP contribution >= 0.6 is 28.1 Å². The standard InChI is InChI=1S/C11H10BrN3OS/c12-7-1-2-10(9(5-7)11(13)17)14-6-8-3-4-15-16-8/h1-5,14H,6H2,(H2,13,17). The van der Waals surface area contributed by atoms with Crippen LogP contribution in [0, 0.1) is 0 Å². The number of hydrogen-bond acceptors (Lipinski definition) is 4. The van der Waals surface area contributed by atoms with E-state index >= 15 is 0 Å². The zero-order valence-corrected chi connectivity index (χ0v) is 11.2. The van der Waals surface area contributed by atoms with E-state index in [9.17, 15) is 0 Å². The lowest BCUT2D eigenvalue weighted by atomic mass is 10.2. The maximum atomic E-state index is 5.67. The third-order valence-electron chi connectivity index (χ3n) is 2.19. The fraction of sp³-hybridized carbons (Fsp3) is 0.0909. The Balaban J connectivity index is 2.17. The molecule has 0 unspecified atom stereocenters. The molecular weight excluding hydrogens is 302 g/mol. The monoisotopic (exact) mass is 311 g/mol. The molecule has 0 bridgehead atoms. The molecule has 0 aliphatic carbocycles. The van der Waals surface area contributed by atoms with E-state index in [4.69, 9.17) is 22.5 Å². The molecule has 17 heavy (non-hydrogen) atoms. The molecule has 1 aromatic heterocycles. The van der Waals surface area contributed by atoms with Crippen molar-refractivity contribution in [1.29, 1.82) is 0 Å². The molecule has 3 N–H and O–H groups in total. The van der Waals surface area contributed by atoms with Gasteiger partial charge in [-0.1, -0.05) is 33.3 Å². The van der Waals surface area contributed by atoms with Crippen LogP contribution in [-0.2, 0) is 6.54 Å². The lowest BCUT2D eigenvalue weighted by Crippen LogP contribution is -2.13. The van der Waals surface area contributed by atoms with E-state index in [0.717, 1.165) is 21.5 Å². The highest BCUT2D eigenvalue weighted by atomic mass is 79.9. The third kappa shape index (κ3) is 3.04. The second kappa shape index (κ2) is 5.29. The molecule has 0 amide bonds. The molecule has 1 aromatic carbocycles. The van der Waals surface area contributed by atoms with Gasteiger partial charge in [-0.05, 0) is 18.2 Å². The van der Waals surface area contributed by atoms with E-state index in [1.165, 1.54) is 0 Å². The van der Waals surface area contributed by atoms with Gasteiger partial charge < -0.3 is 15.6 Å². The van der Waals surface area contributed by atoms with Gasteiger partial charge in [0.25, 0.3) is 0 Å². The van der Waals surface area contributed by atoms with Crippen molar-refractivity contribution in [2.75, 3.05) is 5.32 Å². The normalized spacial score (nSPS) is 10.2. The van der Waals surface area contributed by atoms with Crippen LogP contribution in [0.15, 0.2) is 39.5 Å². The number of nitrogens with zero attached hydrogens (tertiary/aromatic N) is 1. The van der Waals surface area contributed by atoms with Crippen molar-refractivity contribution < 1.29 is 4.52 Å². The summed E-state index contributed by atoms with van der Waals surface area (Å²) >= 11 is 8.39. The lowest BCUT2D eigenvalue weighted by molar-refractivity contribution is 0.388. The van der Waals surface area contributed by atoms with Crippen LogP contribution in [0.25, 0.3) is 0 Å². The minimum atomic E-state index is 0.353. The molecule has 6 heteroatoms. The summed E-state index contributed by atoms with van der Waals surface area (Å²) in [5.74, 6) is 0.752. The Morgan fingerprint density at radius 3 is 2.94 bits per heavy atom. The van der Waals surface area contributed by atoms with Crippen molar-refractivity contribution in [2.24, 2.45) is 5.73 Å². The van der Waals surface area contributed by atoms with E-state index in [-0.39, 0.29) is 0 Å². The Kier molecular flexibility index (Phi) is 3.75. The average Bonchev–Trinajstić information content (AvgIpc) is 2.80. The Labute approximate surface area is 112 Å². The quantitative estimate of drug-likeness (QED) is 0.850. The summed E-state index contributed by atoms with van der Waals surface area (Å²) in [7, 11) is 0. The Hall–Kier alpha value is -1.40. The molecule has 88 valence electrons. The molecule has 0 aliphatic heterocycles. The van der Waals surface area contributed by atoms with Crippen LogP contribution in [0.3, 0.4) is 0 Å². The zero-order chi connectivity index (χ0) is 12.3. The second-order valence-corrected chi connectivity index (χ2v) is 4.74. The number of nitrogens with one attached hydrogen (secondary N) is 1. The molecule has 0 radical (unpaired) electrons. The molecule has 1 heterocycles. The van der Waals surface area contributed by atoms with Crippen molar-refractivity contribution in [1.82, 2.24) is 5.16 Å². The smallest absolute Gasteiger partial charge is 0.155 e. The molecule has 2 rings (SSSR count). The Morgan fingerprint density at radius 2 is 2.29 bits per heavy atom. The molecular formula is C11H10BrN3OS. The van der Waals surface area contributed by atoms with E-state index in [1.54, 1.807) is 12.3 Å². The summed E-state index contributed by atoms with van der Waals surface area (Å²) in [5.41, 5.74) is 7.34. The first-order chi connectivity index (χ1) is 8.16. The molecule has 0 aliphatic rings. The topological polar surface area (TPSA) is 64.1 Å². The molecule has 0 spiro atoms. The number of halogens is 1. The van der Waals surface area contributed by atoms with Crippen LogP contribution in [0.2, 0.25) is 0 Å². The Morgan fingerprint density at radius 1 is 1.47 bits per heavy atom. The van der Waals surface area contributed by atoms with E-state index in [1.807, 2.05) is 18.2 Å². The van der Waals surface area contributed by atoms with Gasteiger partial charge in [-0.3, -0.25) is 0 Å². The maximum Gasteiger partial charge on any atom is 0.155 e. The van der Waals surface area contributed by atoms with Crippen LogP contribution in [0.1, 0.15) is 11.3 Å². The van der Waals surface area contributed by atoms with E-state index in [0.29, 0.717) is 11.5 Å². The van der Waals surface area contributed by atoms with Gasteiger partial charge >= 0.3 is 0 Å². The summed E-state index contributed by atoms with van der Waals surface area (Å²) < 4.78 is 5.93. The zero-order valence-electron chi connectivity index (χ0n) is 8.81. The van der Waals surface area contributed by atoms with Gasteiger partial charge in [0.2, 0.25) is 0 Å². The van der Waals surface area contributed by atoms with Gasteiger partial charge in [-0.15, -0.1) is 0 Å². The van der Waals surface area contributed by atoms with Crippen molar-refractivity contribution >= 4 is 38.8 Å². The molecule has 0 atom stereocenters. The van der Waals surface area contributed by atoms with Crippen molar-refractivity contribution in [2.45, 2.75) is 6.54 Å². The fourth-order valence-corrected chi connectivity index (χ4v) is 1.92. The minimum absolute atomic E-state index is 0.353. The minimum Gasteiger partial charge on any atom is -0.389 e. The molecule has 0 fully saturated rings. The van der Waals surface area contributed by atoms with Crippen molar-refractivity contribution in [3.8, 4) is 0 Å². The fourth-order valence-electron chi connectivity index (χ4n) is 1.39. The molecule has 0 saturated heterocycles. The van der Waals surface area contributed by atoms with Gasteiger partial charge in [0.05, 0.1) is 12.7 Å². The Bertz CT molecular complexity index is 528. The predicted octanol–water partition coefficient (Wildman–Crippen LogP) is 2.68. The van der Waals surface area contributed by atoms with Gasteiger partial charge in [0, 0.05) is 21.8 Å². The number of benzene rings is 1. The summed E-state index contributed by atoms with van der Waals surface area (Å²) in [5, 5.41) is 6.84. The lowest BCUT2D eigenvalue weighted by Gasteiger charge is -2.10. The highest BCUT2D eigenvalue weighted by Gasteiger charge is 2.06. The van der Waals surface area contributed by atoms with Gasteiger partial charge in [-0.2, -0.15) is 0 Å². The number of nitrogens with two attached hydrogens (primary N) is 1. The first-order valence-electron chi connectivity index (χ1n) is 4.89. The average molecular weight is 312 g/mol. The van der Waals surface area contributed by atoms with Gasteiger partial charge in [0.15, 0.2) is 5.76 Å². The number of hydrogen-bond donors (Lipinski definition) is 2. The number of thiocarbonyl (C=S) groups is 1. The summed E-state index contributed by atoms with van der Waals surface area (Å²) in [6.07, 6.45) is 1.60. The summed E-state index contributed by atoms with van der Waals surface area (Å²) in [4.78, 5) is 0.353. The third-order valence-corrected chi connectivity index (χ3v) is 2.90. The van der Waals surface area contributed by atoms with Crippen LogP contribution in [-0.4, -0.2) is 10.1 Å². The summed E-state index contributed by atoms with van der Waals surface area (Å²) in [6.45, 7) is 0.539.